The lowest BCUT2D eigenvalue weighted by molar-refractivity contribution is 0.0900. The van der Waals surface area contributed by atoms with E-state index in [1.807, 2.05) is 19.0 Å². The number of ether oxygens (including phenoxy) is 1. The summed E-state index contributed by atoms with van der Waals surface area (Å²) >= 11 is 4.86. The number of carbonyl (C=O) groups excluding carboxylic acids is 1. The Labute approximate surface area is 125 Å². The highest BCUT2D eigenvalue weighted by Gasteiger charge is 2.05. The SMILES string of the molecule is CN(C)CCOCCNC(=O)c1ccc(C(N)=S)cc1. The van der Waals surface area contributed by atoms with Crippen LogP contribution in [0.25, 0.3) is 0 Å². The minimum atomic E-state index is -0.129. The Kier molecular flexibility index (Phi) is 7.14. The second kappa shape index (κ2) is 8.63. The molecule has 0 saturated heterocycles. The van der Waals surface area contributed by atoms with Gasteiger partial charge in [-0.15, -0.1) is 0 Å². The first kappa shape index (κ1) is 16.6. The van der Waals surface area contributed by atoms with Gasteiger partial charge in [0.25, 0.3) is 5.91 Å². The van der Waals surface area contributed by atoms with Crippen LogP contribution in [0.15, 0.2) is 24.3 Å². The molecule has 0 aliphatic rings. The highest BCUT2D eigenvalue weighted by molar-refractivity contribution is 7.80. The van der Waals surface area contributed by atoms with Crippen molar-refractivity contribution in [1.82, 2.24) is 10.2 Å². The number of nitrogens with zero attached hydrogens (tertiary/aromatic N) is 1. The number of benzene rings is 1. The summed E-state index contributed by atoms with van der Waals surface area (Å²) in [5.41, 5.74) is 6.83. The molecule has 0 atom stereocenters. The highest BCUT2D eigenvalue weighted by atomic mass is 32.1. The van der Waals surface area contributed by atoms with E-state index in [0.717, 1.165) is 12.1 Å². The molecule has 0 fully saturated rings. The van der Waals surface area contributed by atoms with Gasteiger partial charge in [-0.25, -0.2) is 0 Å². The Hall–Kier alpha value is -1.50. The molecule has 0 unspecified atom stereocenters. The lowest BCUT2D eigenvalue weighted by Gasteiger charge is -2.10. The molecule has 1 aromatic rings. The summed E-state index contributed by atoms with van der Waals surface area (Å²) in [7, 11) is 3.98. The van der Waals surface area contributed by atoms with E-state index in [2.05, 4.69) is 5.32 Å². The van der Waals surface area contributed by atoms with Crippen molar-refractivity contribution in [1.29, 1.82) is 0 Å². The smallest absolute Gasteiger partial charge is 0.251 e. The van der Waals surface area contributed by atoms with Crippen molar-refractivity contribution in [2.24, 2.45) is 5.73 Å². The second-order valence-corrected chi connectivity index (χ2v) is 5.05. The zero-order valence-electron chi connectivity index (χ0n) is 11.9. The van der Waals surface area contributed by atoms with E-state index >= 15 is 0 Å². The number of likely N-dealkylation sites (N-methyl/N-ethyl adjacent to an activating group) is 1. The molecule has 0 radical (unpaired) electrons. The maximum Gasteiger partial charge on any atom is 0.251 e. The number of hydrogen-bond acceptors (Lipinski definition) is 4. The topological polar surface area (TPSA) is 67.6 Å². The van der Waals surface area contributed by atoms with Gasteiger partial charge >= 0.3 is 0 Å². The fourth-order valence-corrected chi connectivity index (χ4v) is 1.61. The predicted octanol–water partition coefficient (Wildman–Crippen LogP) is 0.629. The van der Waals surface area contributed by atoms with Crippen LogP contribution in [-0.2, 0) is 4.74 Å². The van der Waals surface area contributed by atoms with Crippen molar-refractivity contribution in [3.05, 3.63) is 35.4 Å². The van der Waals surface area contributed by atoms with Crippen molar-refractivity contribution in [2.45, 2.75) is 0 Å². The van der Waals surface area contributed by atoms with Crippen LogP contribution in [0.3, 0.4) is 0 Å². The zero-order valence-corrected chi connectivity index (χ0v) is 12.7. The first-order valence-corrected chi connectivity index (χ1v) is 6.82. The Bertz CT molecular complexity index is 446. The molecule has 110 valence electrons. The molecule has 1 aromatic carbocycles. The summed E-state index contributed by atoms with van der Waals surface area (Å²) in [4.78, 5) is 14.2. The lowest BCUT2D eigenvalue weighted by atomic mass is 10.1. The molecule has 0 heterocycles. The third-order valence-corrected chi connectivity index (χ3v) is 2.88. The number of nitrogens with two attached hydrogens (primary N) is 1. The van der Waals surface area contributed by atoms with Crippen LogP contribution in [0.4, 0.5) is 0 Å². The Morgan fingerprint density at radius 2 is 1.85 bits per heavy atom. The Balaban J connectivity index is 2.27. The Morgan fingerprint density at radius 1 is 1.25 bits per heavy atom. The van der Waals surface area contributed by atoms with Gasteiger partial charge in [0.05, 0.1) is 13.2 Å². The molecular weight excluding hydrogens is 274 g/mol. The molecule has 1 rings (SSSR count). The van der Waals surface area contributed by atoms with E-state index < -0.39 is 0 Å². The van der Waals surface area contributed by atoms with Crippen molar-refractivity contribution in [2.75, 3.05) is 40.4 Å². The van der Waals surface area contributed by atoms with Crippen LogP contribution in [0.1, 0.15) is 15.9 Å². The summed E-state index contributed by atoms with van der Waals surface area (Å²) in [5, 5.41) is 2.79. The molecule has 5 nitrogen and oxygen atoms in total. The number of rotatable bonds is 8. The fourth-order valence-electron chi connectivity index (χ4n) is 1.47. The van der Waals surface area contributed by atoms with Crippen LogP contribution in [0.5, 0.6) is 0 Å². The van der Waals surface area contributed by atoms with Crippen molar-refractivity contribution in [3.8, 4) is 0 Å². The highest BCUT2D eigenvalue weighted by Crippen LogP contribution is 2.04. The normalized spacial score (nSPS) is 10.6. The van der Waals surface area contributed by atoms with Crippen LogP contribution >= 0.6 is 12.2 Å². The van der Waals surface area contributed by atoms with Crippen molar-refractivity contribution < 1.29 is 9.53 Å². The van der Waals surface area contributed by atoms with E-state index in [-0.39, 0.29) is 5.91 Å². The minimum Gasteiger partial charge on any atom is -0.389 e. The van der Waals surface area contributed by atoms with Crippen LogP contribution in [0.2, 0.25) is 0 Å². The van der Waals surface area contributed by atoms with Gasteiger partial charge in [-0.1, -0.05) is 24.4 Å². The molecule has 0 aliphatic carbocycles. The van der Waals surface area contributed by atoms with Gasteiger partial charge in [-0.05, 0) is 26.2 Å². The van der Waals surface area contributed by atoms with Gasteiger partial charge in [0.2, 0.25) is 0 Å². The van der Waals surface area contributed by atoms with Crippen LogP contribution < -0.4 is 11.1 Å². The van der Waals surface area contributed by atoms with Crippen LogP contribution in [-0.4, -0.2) is 56.2 Å². The summed E-state index contributed by atoms with van der Waals surface area (Å²) in [6, 6.07) is 6.89. The lowest BCUT2D eigenvalue weighted by Crippen LogP contribution is -2.28. The molecule has 0 aliphatic heterocycles. The summed E-state index contributed by atoms with van der Waals surface area (Å²) in [6.45, 7) is 2.52. The number of carbonyl (C=O) groups is 1. The molecule has 6 heteroatoms. The van der Waals surface area contributed by atoms with Gasteiger partial charge in [0.1, 0.15) is 4.99 Å². The van der Waals surface area contributed by atoms with E-state index in [0.29, 0.717) is 30.3 Å². The van der Waals surface area contributed by atoms with Gasteiger partial charge in [-0.3, -0.25) is 4.79 Å². The monoisotopic (exact) mass is 295 g/mol. The van der Waals surface area contributed by atoms with E-state index in [4.69, 9.17) is 22.7 Å². The van der Waals surface area contributed by atoms with E-state index in [9.17, 15) is 4.79 Å². The molecule has 20 heavy (non-hydrogen) atoms. The van der Waals surface area contributed by atoms with Gasteiger partial charge in [0, 0.05) is 24.2 Å². The predicted molar refractivity (Wildman–Crippen MR) is 84.0 cm³/mol. The molecular formula is C14H21N3O2S. The van der Waals surface area contributed by atoms with Gasteiger partial charge < -0.3 is 20.7 Å². The first-order valence-electron chi connectivity index (χ1n) is 6.41. The second-order valence-electron chi connectivity index (χ2n) is 4.61. The zero-order chi connectivity index (χ0) is 15.0. The van der Waals surface area contributed by atoms with Gasteiger partial charge in [-0.2, -0.15) is 0 Å². The largest absolute Gasteiger partial charge is 0.389 e. The van der Waals surface area contributed by atoms with Crippen molar-refractivity contribution >= 4 is 23.1 Å². The van der Waals surface area contributed by atoms with E-state index in [1.54, 1.807) is 24.3 Å². The van der Waals surface area contributed by atoms with E-state index in [1.165, 1.54) is 0 Å². The molecule has 0 spiro atoms. The van der Waals surface area contributed by atoms with Crippen molar-refractivity contribution in [3.63, 3.8) is 0 Å². The third kappa shape index (κ3) is 6.10. The van der Waals surface area contributed by atoms with Crippen LogP contribution in [0, 0.1) is 0 Å². The average Bonchev–Trinajstić information content (AvgIpc) is 2.42. The Morgan fingerprint density at radius 3 is 2.40 bits per heavy atom. The maximum absolute atomic E-state index is 11.8. The number of hydrogen-bond donors (Lipinski definition) is 2. The first-order chi connectivity index (χ1) is 9.50. The summed E-state index contributed by atoms with van der Waals surface area (Å²) in [6.07, 6.45) is 0. The molecule has 0 saturated carbocycles. The summed E-state index contributed by atoms with van der Waals surface area (Å²) in [5.74, 6) is -0.129. The van der Waals surface area contributed by atoms with Gasteiger partial charge in [0.15, 0.2) is 0 Å². The third-order valence-electron chi connectivity index (χ3n) is 2.65. The molecule has 0 aromatic heterocycles. The molecule has 3 N–H and O–H groups in total. The summed E-state index contributed by atoms with van der Waals surface area (Å²) < 4.78 is 5.39. The quantitative estimate of drug-likeness (QED) is 0.544. The maximum atomic E-state index is 11.8. The number of nitrogens with one attached hydrogen (secondary N) is 1. The molecule has 1 amide bonds. The average molecular weight is 295 g/mol. The fraction of sp³-hybridized carbons (Fsp3) is 0.429. The standard InChI is InChI=1S/C14H21N3O2S/c1-17(2)8-10-19-9-7-16-14(18)12-5-3-11(4-6-12)13(15)20/h3-6H,7-10H2,1-2H3,(H2,15,20)(H,16,18). The molecule has 0 bridgehead atoms. The number of amides is 1. The minimum absolute atomic E-state index is 0.129. The number of thiocarbonyl (C=S) groups is 1.